The Labute approximate surface area is 163 Å². The van der Waals surface area contributed by atoms with Crippen LogP contribution in [0.5, 0.6) is 0 Å². The van der Waals surface area contributed by atoms with Crippen molar-refractivity contribution >= 4 is 33.9 Å². The topological polar surface area (TPSA) is 119 Å². The third-order valence-corrected chi connectivity index (χ3v) is 5.16. The number of nitrogens with two attached hydrogens (primary N) is 2. The number of nitrogens with one attached hydrogen (secondary N) is 2. The van der Waals surface area contributed by atoms with Gasteiger partial charge in [0, 0.05) is 17.5 Å². The molecule has 0 bridgehead atoms. The molecule has 1 amide bonds. The molecular weight excluding hydrogens is 352 g/mol. The number of carbonyl (C=O) groups is 1. The summed E-state index contributed by atoms with van der Waals surface area (Å²) in [6.45, 7) is 0. The molecule has 1 saturated carbocycles. The van der Waals surface area contributed by atoms with Gasteiger partial charge < -0.3 is 22.1 Å². The predicted molar refractivity (Wildman–Crippen MR) is 112 cm³/mol. The Balaban J connectivity index is 1.62. The van der Waals surface area contributed by atoms with E-state index in [1.165, 1.54) is 6.42 Å². The number of carbonyl (C=O) groups excluding carboxylic acids is 1. The van der Waals surface area contributed by atoms with Crippen LogP contribution in [-0.2, 0) is 0 Å². The first-order valence-electron chi connectivity index (χ1n) is 9.54. The van der Waals surface area contributed by atoms with Gasteiger partial charge in [-0.05, 0) is 31.0 Å². The van der Waals surface area contributed by atoms with E-state index in [1.807, 2.05) is 36.4 Å². The van der Waals surface area contributed by atoms with Gasteiger partial charge in [-0.2, -0.15) is 0 Å². The zero-order chi connectivity index (χ0) is 19.5. The van der Waals surface area contributed by atoms with Crippen LogP contribution in [0.4, 0.5) is 17.1 Å². The van der Waals surface area contributed by atoms with Gasteiger partial charge in [-0.25, -0.2) is 4.98 Å². The molecule has 2 atom stereocenters. The molecule has 2 aromatic heterocycles. The predicted octanol–water partition coefficient (Wildman–Crippen LogP) is 3.15. The molecule has 0 aliphatic heterocycles. The Hall–Kier alpha value is -3.19. The first-order chi connectivity index (χ1) is 13.6. The SMILES string of the molecule is NC(=O)c1ncc(N[C@@H]2CCCC[C@@H]2N)cc1Nc1cnc2ccccc2c1. The van der Waals surface area contributed by atoms with Crippen molar-refractivity contribution in [1.29, 1.82) is 0 Å². The lowest BCUT2D eigenvalue weighted by molar-refractivity contribution is 0.0996. The van der Waals surface area contributed by atoms with Gasteiger partial charge in [0.1, 0.15) is 0 Å². The Morgan fingerprint density at radius 1 is 1.04 bits per heavy atom. The van der Waals surface area contributed by atoms with E-state index in [9.17, 15) is 4.79 Å². The summed E-state index contributed by atoms with van der Waals surface area (Å²) in [6.07, 6.45) is 7.72. The van der Waals surface area contributed by atoms with Crippen molar-refractivity contribution in [3.63, 3.8) is 0 Å². The van der Waals surface area contributed by atoms with E-state index in [1.54, 1.807) is 12.4 Å². The average Bonchev–Trinajstić information content (AvgIpc) is 2.70. The van der Waals surface area contributed by atoms with Gasteiger partial charge in [-0.1, -0.05) is 31.0 Å². The number of hydrogen-bond acceptors (Lipinski definition) is 6. The van der Waals surface area contributed by atoms with Crippen LogP contribution in [-0.4, -0.2) is 28.0 Å². The fourth-order valence-electron chi connectivity index (χ4n) is 3.68. The van der Waals surface area contributed by atoms with E-state index in [-0.39, 0.29) is 17.8 Å². The largest absolute Gasteiger partial charge is 0.379 e. The first-order valence-corrected chi connectivity index (χ1v) is 9.54. The number of para-hydroxylation sites is 1. The van der Waals surface area contributed by atoms with Gasteiger partial charge in [0.2, 0.25) is 0 Å². The monoisotopic (exact) mass is 376 g/mol. The van der Waals surface area contributed by atoms with Crippen molar-refractivity contribution < 1.29 is 4.79 Å². The molecule has 0 saturated heterocycles. The summed E-state index contributed by atoms with van der Waals surface area (Å²) in [4.78, 5) is 20.6. The number of aromatic nitrogens is 2. The molecule has 144 valence electrons. The van der Waals surface area contributed by atoms with Gasteiger partial charge in [0.05, 0.1) is 35.0 Å². The lowest BCUT2D eigenvalue weighted by Gasteiger charge is -2.30. The first kappa shape index (κ1) is 18.2. The molecule has 4 rings (SSSR count). The van der Waals surface area contributed by atoms with Crippen molar-refractivity contribution in [2.75, 3.05) is 10.6 Å². The summed E-state index contributed by atoms with van der Waals surface area (Å²) >= 11 is 0. The van der Waals surface area contributed by atoms with Crippen LogP contribution in [0, 0.1) is 0 Å². The lowest BCUT2D eigenvalue weighted by Crippen LogP contribution is -2.42. The highest BCUT2D eigenvalue weighted by atomic mass is 16.1. The van der Waals surface area contributed by atoms with Crippen LogP contribution < -0.4 is 22.1 Å². The second-order valence-corrected chi connectivity index (χ2v) is 7.23. The molecule has 0 spiro atoms. The Morgan fingerprint density at radius 2 is 1.82 bits per heavy atom. The van der Waals surface area contributed by atoms with Crippen LogP contribution in [0.1, 0.15) is 36.2 Å². The fourth-order valence-corrected chi connectivity index (χ4v) is 3.68. The molecule has 0 unspecified atom stereocenters. The minimum Gasteiger partial charge on any atom is -0.379 e. The Kier molecular flexibility index (Phi) is 5.08. The summed E-state index contributed by atoms with van der Waals surface area (Å²) in [5, 5.41) is 7.70. The van der Waals surface area contributed by atoms with Crippen LogP contribution in [0.15, 0.2) is 48.8 Å². The molecule has 7 nitrogen and oxygen atoms in total. The molecule has 3 aromatic rings. The van der Waals surface area contributed by atoms with E-state index >= 15 is 0 Å². The van der Waals surface area contributed by atoms with E-state index in [2.05, 4.69) is 20.6 Å². The highest BCUT2D eigenvalue weighted by molar-refractivity contribution is 5.98. The molecule has 6 N–H and O–H groups in total. The molecule has 1 fully saturated rings. The highest BCUT2D eigenvalue weighted by Gasteiger charge is 2.22. The molecule has 1 aromatic carbocycles. The van der Waals surface area contributed by atoms with E-state index < -0.39 is 5.91 Å². The second-order valence-electron chi connectivity index (χ2n) is 7.23. The number of rotatable bonds is 5. The normalized spacial score (nSPS) is 19.3. The summed E-state index contributed by atoms with van der Waals surface area (Å²) in [5.74, 6) is -0.586. The van der Waals surface area contributed by atoms with E-state index in [4.69, 9.17) is 11.5 Å². The number of primary amides is 1. The maximum atomic E-state index is 11.8. The van der Waals surface area contributed by atoms with Crippen molar-refractivity contribution in [2.24, 2.45) is 11.5 Å². The van der Waals surface area contributed by atoms with Crippen molar-refractivity contribution in [2.45, 2.75) is 37.8 Å². The minimum absolute atomic E-state index is 0.116. The molecular formula is C21H24N6O. The number of nitrogens with zero attached hydrogens (tertiary/aromatic N) is 2. The Bertz CT molecular complexity index is 1010. The van der Waals surface area contributed by atoms with Crippen molar-refractivity contribution in [1.82, 2.24) is 9.97 Å². The van der Waals surface area contributed by atoms with Crippen molar-refractivity contribution in [3.8, 4) is 0 Å². The smallest absolute Gasteiger partial charge is 0.269 e. The zero-order valence-corrected chi connectivity index (χ0v) is 15.6. The number of fused-ring (bicyclic) bond motifs is 1. The highest BCUT2D eigenvalue weighted by Crippen LogP contribution is 2.27. The summed E-state index contributed by atoms with van der Waals surface area (Å²) in [6, 6.07) is 12.0. The molecule has 2 heterocycles. The third-order valence-electron chi connectivity index (χ3n) is 5.16. The molecule has 1 aliphatic carbocycles. The fraction of sp³-hybridized carbons (Fsp3) is 0.286. The lowest BCUT2D eigenvalue weighted by atomic mass is 9.91. The van der Waals surface area contributed by atoms with Crippen LogP contribution in [0.25, 0.3) is 10.9 Å². The van der Waals surface area contributed by atoms with E-state index in [0.29, 0.717) is 5.69 Å². The molecule has 7 heteroatoms. The standard InChI is InChI=1S/C21H24N6O/c22-16-6-2-4-8-18(16)26-15-10-19(20(21(23)28)25-12-15)27-14-9-13-5-1-3-7-17(13)24-11-14/h1,3,5,7,9-12,16,18,26-27H,2,4,6,8,22H2,(H2,23,28)/t16-,18+/m0/s1. The zero-order valence-electron chi connectivity index (χ0n) is 15.6. The summed E-state index contributed by atoms with van der Waals surface area (Å²) in [5.41, 5.74) is 15.0. The van der Waals surface area contributed by atoms with Crippen molar-refractivity contribution in [3.05, 3.63) is 54.5 Å². The molecule has 1 aliphatic rings. The van der Waals surface area contributed by atoms with Crippen LogP contribution in [0.2, 0.25) is 0 Å². The minimum atomic E-state index is -0.586. The number of hydrogen-bond donors (Lipinski definition) is 4. The number of benzene rings is 1. The maximum absolute atomic E-state index is 11.8. The molecule has 28 heavy (non-hydrogen) atoms. The maximum Gasteiger partial charge on any atom is 0.269 e. The van der Waals surface area contributed by atoms with Gasteiger partial charge in [-0.3, -0.25) is 9.78 Å². The summed E-state index contributed by atoms with van der Waals surface area (Å²) in [7, 11) is 0. The number of amides is 1. The molecule has 0 radical (unpaired) electrons. The summed E-state index contributed by atoms with van der Waals surface area (Å²) < 4.78 is 0. The number of anilines is 3. The van der Waals surface area contributed by atoms with Gasteiger partial charge in [-0.15, -0.1) is 0 Å². The average molecular weight is 376 g/mol. The van der Waals surface area contributed by atoms with Gasteiger partial charge in [0.25, 0.3) is 5.91 Å². The van der Waals surface area contributed by atoms with Gasteiger partial charge in [0.15, 0.2) is 5.69 Å². The van der Waals surface area contributed by atoms with Crippen LogP contribution in [0.3, 0.4) is 0 Å². The Morgan fingerprint density at radius 3 is 2.64 bits per heavy atom. The quantitative estimate of drug-likeness (QED) is 0.543. The van der Waals surface area contributed by atoms with Crippen LogP contribution >= 0.6 is 0 Å². The second kappa shape index (κ2) is 7.82. The third kappa shape index (κ3) is 3.89. The van der Waals surface area contributed by atoms with Gasteiger partial charge >= 0.3 is 0 Å². The van der Waals surface area contributed by atoms with E-state index in [0.717, 1.165) is 41.5 Å². The number of pyridine rings is 2.